The van der Waals surface area contributed by atoms with Gasteiger partial charge >= 0.3 is 11.9 Å². The molecule has 3 aliphatic heterocycles. The Morgan fingerprint density at radius 2 is 1.64 bits per heavy atom. The first-order chi connectivity index (χ1) is 35.1. The summed E-state index contributed by atoms with van der Waals surface area (Å²) in [5, 5.41) is 24.5. The Balaban J connectivity index is 1.53. The molecule has 1 amide bonds. The minimum atomic E-state index is -2.45. The van der Waals surface area contributed by atoms with Crippen molar-refractivity contribution in [2.45, 2.75) is 194 Å². The van der Waals surface area contributed by atoms with Gasteiger partial charge in [0.1, 0.15) is 17.9 Å². The summed E-state index contributed by atoms with van der Waals surface area (Å²) >= 11 is 1.44. The number of methoxy groups -OCH3 is 3. The Hall–Kier alpha value is -4.23. The van der Waals surface area contributed by atoms with Gasteiger partial charge in [-0.15, -0.1) is 0 Å². The number of esters is 2. The van der Waals surface area contributed by atoms with Crippen molar-refractivity contribution in [3.8, 4) is 0 Å². The van der Waals surface area contributed by atoms with E-state index in [1.165, 1.54) is 23.3 Å². The number of aliphatic hydroxyl groups excluding tert-OH is 1. The molecule has 74 heavy (non-hydrogen) atoms. The number of nitrogens with zero attached hydrogens (tertiary/aromatic N) is 2. The number of piperidine rings is 1. The van der Waals surface area contributed by atoms with E-state index in [2.05, 4.69) is 0 Å². The summed E-state index contributed by atoms with van der Waals surface area (Å²) in [7, 11) is 4.54. The van der Waals surface area contributed by atoms with E-state index < -0.39 is 89.8 Å². The second-order valence-corrected chi connectivity index (χ2v) is 22.4. The van der Waals surface area contributed by atoms with Crippen LogP contribution < -0.4 is 4.57 Å². The number of carbonyl (C=O) groups excluding carboxylic acids is 6. The van der Waals surface area contributed by atoms with Gasteiger partial charge in [-0.3, -0.25) is 19.2 Å². The lowest BCUT2D eigenvalue weighted by molar-refractivity contribution is -0.687. The summed E-state index contributed by atoms with van der Waals surface area (Å²) in [6.45, 7) is 14.6. The molecule has 2 N–H and O–H groups in total. The lowest BCUT2D eigenvalue weighted by Crippen LogP contribution is -2.61. The number of thiazole rings is 1. The highest BCUT2D eigenvalue weighted by Crippen LogP contribution is 2.38. The summed E-state index contributed by atoms with van der Waals surface area (Å²) in [4.78, 5) is 87.1. The summed E-state index contributed by atoms with van der Waals surface area (Å²) in [5.74, 6) is -8.94. The van der Waals surface area contributed by atoms with Gasteiger partial charge in [-0.1, -0.05) is 82.4 Å². The first-order valence-corrected chi connectivity index (χ1v) is 27.7. The number of cyclic esters (lactones) is 1. The predicted molar refractivity (Wildman–Crippen MR) is 278 cm³/mol. The van der Waals surface area contributed by atoms with Gasteiger partial charge in [0, 0.05) is 65.4 Å². The van der Waals surface area contributed by atoms with Crippen LogP contribution in [0.3, 0.4) is 0 Å². The molecule has 17 heteroatoms. The molecule has 2 saturated heterocycles. The average Bonchev–Trinajstić information content (AvgIpc) is 3.78. The molecule has 5 rings (SSSR count). The summed E-state index contributed by atoms with van der Waals surface area (Å²) < 4.78 is 37.8. The minimum absolute atomic E-state index is 0.0346. The number of ketones is 3. The normalized spacial score (nSPS) is 35.7. The van der Waals surface area contributed by atoms with E-state index in [1.54, 1.807) is 51.1 Å². The molecule has 1 aliphatic carbocycles. The number of rotatable bonds is 9. The third kappa shape index (κ3) is 15.9. The van der Waals surface area contributed by atoms with Gasteiger partial charge in [0.2, 0.25) is 17.8 Å². The van der Waals surface area contributed by atoms with Crippen molar-refractivity contribution in [3.05, 3.63) is 64.2 Å². The van der Waals surface area contributed by atoms with Crippen LogP contribution in [0, 0.1) is 42.4 Å². The minimum Gasteiger partial charge on any atom is -0.460 e. The molecule has 15 atom stereocenters. The van der Waals surface area contributed by atoms with Crippen LogP contribution in [-0.2, 0) is 63.7 Å². The van der Waals surface area contributed by atoms with Gasteiger partial charge in [0.15, 0.2) is 23.7 Å². The molecule has 1 aromatic rings. The average molecular weight is 1050 g/mol. The van der Waals surface area contributed by atoms with Crippen LogP contribution in [-0.4, -0.2) is 133 Å². The van der Waals surface area contributed by atoms with Crippen molar-refractivity contribution in [2.24, 2.45) is 35.5 Å². The predicted octanol–water partition coefficient (Wildman–Crippen LogP) is 7.09. The number of aromatic nitrogens is 1. The topological polar surface area (TPSA) is 205 Å². The van der Waals surface area contributed by atoms with Crippen LogP contribution in [0.4, 0.5) is 0 Å². The van der Waals surface area contributed by atoms with Crippen molar-refractivity contribution in [1.29, 1.82) is 0 Å². The van der Waals surface area contributed by atoms with Gasteiger partial charge < -0.3 is 43.5 Å². The van der Waals surface area contributed by atoms with E-state index >= 15 is 0 Å². The standard InChI is InChI=1S/C57H85N2O14S/c1-34-17-13-12-14-18-35(2)47(68-9)29-43-22-20-40(7)57(67,73-43)54(64)55(65)59-24-16-15-19-44(59)56(66)71-48(37(4)27-42-21-23-45(60)49(28-42)69-10)30-46(61)36(3)26-39(6)52(53(70-11)51(63)38(5)25-34)72-50(62)31-58-33-74-32-41(58)8/h12-14,17-18,26,32-34,36-38,40,42-45,47-49,52-53,60,67H,15-16,19-25,27-31H2,1-11H3/q+1/b14-12?,17-13+,35-18?,39-26+/t34-,36-,37-,38-,40-,42+,43+,44+,45-,47+,48+,49-,52-,53+,57-/m1/s1. The third-order valence-corrected chi connectivity index (χ3v) is 16.7. The number of aliphatic hydroxyl groups is 2. The van der Waals surface area contributed by atoms with E-state index in [0.29, 0.717) is 69.8 Å². The molecule has 0 unspecified atom stereocenters. The first kappa shape index (κ1) is 60.6. The van der Waals surface area contributed by atoms with Gasteiger partial charge in [0.05, 0.1) is 29.8 Å². The Bertz CT molecular complexity index is 2220. The molecular formula is C57H85N2O14S+. The zero-order valence-electron chi connectivity index (χ0n) is 45.7. The van der Waals surface area contributed by atoms with E-state index in [0.717, 1.165) is 11.3 Å². The van der Waals surface area contributed by atoms with Crippen molar-refractivity contribution in [2.75, 3.05) is 27.9 Å². The summed E-state index contributed by atoms with van der Waals surface area (Å²) in [6.07, 6.45) is 10.9. The Morgan fingerprint density at radius 3 is 2.31 bits per heavy atom. The van der Waals surface area contributed by atoms with Crippen molar-refractivity contribution >= 4 is 46.5 Å². The molecule has 3 fully saturated rings. The van der Waals surface area contributed by atoms with Crippen LogP contribution in [0.1, 0.15) is 131 Å². The number of ether oxygens (including phenoxy) is 6. The monoisotopic (exact) mass is 1050 g/mol. The molecule has 0 aromatic carbocycles. The van der Waals surface area contributed by atoms with Gasteiger partial charge in [-0.2, -0.15) is 4.57 Å². The number of allylic oxidation sites excluding steroid dienone is 6. The fourth-order valence-corrected chi connectivity index (χ4v) is 11.9. The fraction of sp³-hybridized carbons (Fsp3) is 0.702. The Morgan fingerprint density at radius 1 is 0.892 bits per heavy atom. The van der Waals surface area contributed by atoms with E-state index in [9.17, 15) is 39.0 Å². The summed E-state index contributed by atoms with van der Waals surface area (Å²) in [6, 6.07) is -1.17. The lowest BCUT2D eigenvalue weighted by Gasteiger charge is -2.42. The van der Waals surface area contributed by atoms with Gasteiger partial charge in [0.25, 0.3) is 11.7 Å². The molecule has 1 aromatic heterocycles. The second-order valence-electron chi connectivity index (χ2n) is 21.7. The second kappa shape index (κ2) is 28.2. The number of aryl methyl sites for hydroxylation is 1. The van der Waals surface area contributed by atoms with Crippen LogP contribution in [0.15, 0.2) is 58.5 Å². The van der Waals surface area contributed by atoms with E-state index in [1.807, 2.05) is 70.4 Å². The summed E-state index contributed by atoms with van der Waals surface area (Å²) in [5.41, 5.74) is 3.96. The molecule has 4 heterocycles. The first-order valence-electron chi connectivity index (χ1n) is 26.7. The Kier molecular flexibility index (Phi) is 23.1. The number of hydrogen-bond acceptors (Lipinski definition) is 15. The highest BCUT2D eigenvalue weighted by atomic mass is 32.1. The SMILES string of the molecule is CO[C@H]1C[C@@H]2CC[C@@H](C)[C@@](O)(O2)C(=O)C(=O)N2CCCC[C@H]2C(=O)O[C@H]([C@H](C)C[C@@H]2CC[C@@H](O)[C@H](OC)C2)CC(=O)[C@H](C)/C=C(\C)[C@@H](OC(=O)C[n+]2cscc2C)[C@@H](OC)C(=O)[C@H](C)C[C@H](C)/C=C/C=CC=C1C. The number of fused-ring (bicyclic) bond motifs is 3. The number of Topliss-reactive ketones (excluding diaryl/α,β-unsaturated/α-hetero) is 3. The van der Waals surface area contributed by atoms with Crippen molar-refractivity contribution in [3.63, 3.8) is 0 Å². The maximum Gasteiger partial charge on any atom is 0.373 e. The molecule has 16 nitrogen and oxygen atoms in total. The molecule has 0 radical (unpaired) electrons. The Labute approximate surface area is 442 Å². The maximum absolute atomic E-state index is 14.6. The van der Waals surface area contributed by atoms with Crippen LogP contribution >= 0.6 is 11.3 Å². The number of carbonyl (C=O) groups is 6. The highest BCUT2D eigenvalue weighted by Gasteiger charge is 2.53. The quantitative estimate of drug-likeness (QED) is 0.110. The molecule has 412 valence electrons. The van der Waals surface area contributed by atoms with Crippen LogP contribution in [0.2, 0.25) is 0 Å². The van der Waals surface area contributed by atoms with Crippen molar-refractivity contribution < 1.29 is 72.0 Å². The van der Waals surface area contributed by atoms with Gasteiger partial charge in [-0.05, 0) is 107 Å². The molecule has 4 aliphatic rings. The van der Waals surface area contributed by atoms with E-state index in [4.69, 9.17) is 28.4 Å². The largest absolute Gasteiger partial charge is 0.460 e. The zero-order chi connectivity index (χ0) is 54.4. The highest BCUT2D eigenvalue weighted by molar-refractivity contribution is 7.07. The van der Waals surface area contributed by atoms with Crippen LogP contribution in [0.5, 0.6) is 0 Å². The maximum atomic E-state index is 14.6. The van der Waals surface area contributed by atoms with Gasteiger partial charge in [-0.25, -0.2) is 9.59 Å². The lowest BCUT2D eigenvalue weighted by atomic mass is 9.78. The van der Waals surface area contributed by atoms with Crippen LogP contribution in [0.25, 0.3) is 0 Å². The van der Waals surface area contributed by atoms with E-state index in [-0.39, 0.29) is 61.4 Å². The fourth-order valence-electron chi connectivity index (χ4n) is 11.1. The molecule has 1 saturated carbocycles. The molecule has 2 bridgehead atoms. The zero-order valence-corrected chi connectivity index (χ0v) is 46.5. The number of amides is 1. The molecule has 0 spiro atoms. The molecular weight excluding hydrogens is 969 g/mol. The number of hydrogen-bond donors (Lipinski definition) is 2. The smallest absolute Gasteiger partial charge is 0.373 e. The van der Waals surface area contributed by atoms with Crippen molar-refractivity contribution in [1.82, 2.24) is 4.90 Å². The third-order valence-electron chi connectivity index (χ3n) is 15.9.